The Hall–Kier alpha value is -3.20. The topological polar surface area (TPSA) is 91.7 Å². The average Bonchev–Trinajstić information content (AvgIpc) is 3.00. The van der Waals surface area contributed by atoms with E-state index in [4.69, 9.17) is 4.74 Å². The first-order valence-electron chi connectivity index (χ1n) is 7.20. The minimum atomic E-state index is -0.998. The van der Waals surface area contributed by atoms with Crippen LogP contribution in [-0.2, 0) is 0 Å². The van der Waals surface area contributed by atoms with Crippen LogP contribution in [0, 0.1) is 11.3 Å². The Bertz CT molecular complexity index is 844. The van der Waals surface area contributed by atoms with Gasteiger partial charge in [0.1, 0.15) is 5.82 Å². The lowest BCUT2D eigenvalue weighted by molar-refractivity contribution is 0.0976. The summed E-state index contributed by atoms with van der Waals surface area (Å²) in [6, 6.07) is 12.6. The summed E-state index contributed by atoms with van der Waals surface area (Å²) in [7, 11) is 0. The van der Waals surface area contributed by atoms with Gasteiger partial charge < -0.3 is 9.72 Å². The van der Waals surface area contributed by atoms with E-state index in [0.29, 0.717) is 23.9 Å². The predicted molar refractivity (Wildman–Crippen MR) is 84.2 cm³/mol. The quantitative estimate of drug-likeness (QED) is 0.732. The third-order valence-electron chi connectivity index (χ3n) is 3.39. The summed E-state index contributed by atoms with van der Waals surface area (Å²) in [5.74, 6) is -0.557. The van der Waals surface area contributed by atoms with Crippen molar-refractivity contribution in [1.82, 2.24) is 15.0 Å². The van der Waals surface area contributed by atoms with Crippen LogP contribution in [0.25, 0.3) is 11.0 Å². The fourth-order valence-electron chi connectivity index (χ4n) is 2.28. The number of ketones is 1. The third kappa shape index (κ3) is 2.90. The molecule has 0 saturated carbocycles. The minimum Gasteiger partial charge on any atom is -0.478 e. The number of hydrogen-bond acceptors (Lipinski definition) is 5. The molecule has 0 aliphatic carbocycles. The summed E-state index contributed by atoms with van der Waals surface area (Å²) in [5.41, 5.74) is 1.86. The molecule has 1 aromatic carbocycles. The Morgan fingerprint density at radius 2 is 2.17 bits per heavy atom. The van der Waals surface area contributed by atoms with Crippen molar-refractivity contribution in [3.05, 3.63) is 54.0 Å². The zero-order valence-corrected chi connectivity index (χ0v) is 12.5. The summed E-state index contributed by atoms with van der Waals surface area (Å²) in [4.78, 5) is 24.0. The summed E-state index contributed by atoms with van der Waals surface area (Å²) in [5, 5.41) is 9.40. The maximum absolute atomic E-state index is 12.6. The molecule has 0 unspecified atom stereocenters. The fourth-order valence-corrected chi connectivity index (χ4v) is 2.28. The van der Waals surface area contributed by atoms with Gasteiger partial charge in [0.05, 0.1) is 23.7 Å². The molecule has 0 fully saturated rings. The van der Waals surface area contributed by atoms with Crippen LogP contribution in [0.15, 0.2) is 42.6 Å². The maximum Gasteiger partial charge on any atom is 0.213 e. The Balaban J connectivity index is 1.90. The molecule has 6 nitrogen and oxygen atoms in total. The molecule has 0 amide bonds. The second kappa shape index (κ2) is 6.28. The average molecular weight is 306 g/mol. The molecule has 0 aliphatic rings. The summed E-state index contributed by atoms with van der Waals surface area (Å²) < 4.78 is 5.25. The Labute approximate surface area is 132 Å². The van der Waals surface area contributed by atoms with E-state index in [0.717, 1.165) is 11.0 Å². The van der Waals surface area contributed by atoms with Gasteiger partial charge in [0.25, 0.3) is 0 Å². The zero-order chi connectivity index (χ0) is 16.2. The van der Waals surface area contributed by atoms with Crippen LogP contribution in [0.4, 0.5) is 0 Å². The van der Waals surface area contributed by atoms with Crippen LogP contribution < -0.4 is 4.74 Å². The second-order valence-corrected chi connectivity index (χ2v) is 4.88. The molecular formula is C17H14N4O2. The predicted octanol–water partition coefficient (Wildman–Crippen LogP) is 2.85. The van der Waals surface area contributed by atoms with Crippen LogP contribution in [0.2, 0.25) is 0 Å². The highest BCUT2D eigenvalue weighted by atomic mass is 16.5. The lowest BCUT2D eigenvalue weighted by Gasteiger charge is -2.06. The molecule has 0 spiro atoms. The number of aromatic amines is 1. The maximum atomic E-state index is 12.6. The van der Waals surface area contributed by atoms with Crippen molar-refractivity contribution in [1.29, 1.82) is 5.26 Å². The number of hydrogen-bond donors (Lipinski definition) is 1. The Morgan fingerprint density at radius 1 is 1.35 bits per heavy atom. The molecule has 114 valence electrons. The van der Waals surface area contributed by atoms with Gasteiger partial charge in [-0.05, 0) is 25.1 Å². The molecule has 2 aromatic heterocycles. The highest BCUT2D eigenvalue weighted by molar-refractivity contribution is 6.02. The van der Waals surface area contributed by atoms with Gasteiger partial charge >= 0.3 is 0 Å². The number of benzene rings is 1. The fraction of sp³-hybridized carbons (Fsp3) is 0.176. The monoisotopic (exact) mass is 306 g/mol. The number of Topliss-reactive ketones (excluding diaryl/α,β-unsaturated/α-hetero) is 1. The van der Waals surface area contributed by atoms with Gasteiger partial charge in [0.2, 0.25) is 5.88 Å². The molecule has 0 saturated heterocycles. The number of nitrogens with one attached hydrogen (secondary N) is 1. The number of para-hydroxylation sites is 2. The van der Waals surface area contributed by atoms with Gasteiger partial charge in [-0.3, -0.25) is 4.79 Å². The lowest BCUT2D eigenvalue weighted by Crippen LogP contribution is -2.13. The van der Waals surface area contributed by atoms with Gasteiger partial charge in [-0.2, -0.15) is 5.26 Å². The molecule has 0 radical (unpaired) electrons. The van der Waals surface area contributed by atoms with Crippen molar-refractivity contribution in [3.63, 3.8) is 0 Å². The molecule has 23 heavy (non-hydrogen) atoms. The van der Waals surface area contributed by atoms with E-state index in [1.54, 1.807) is 12.1 Å². The van der Waals surface area contributed by atoms with Gasteiger partial charge in [-0.25, -0.2) is 9.97 Å². The molecule has 2 heterocycles. The number of aromatic nitrogens is 3. The van der Waals surface area contributed by atoms with E-state index in [1.807, 2.05) is 37.3 Å². The van der Waals surface area contributed by atoms with Crippen molar-refractivity contribution < 1.29 is 9.53 Å². The molecule has 6 heteroatoms. The molecule has 0 aliphatic heterocycles. The molecule has 1 atom stereocenters. The van der Waals surface area contributed by atoms with E-state index in [1.165, 1.54) is 6.20 Å². The number of imidazole rings is 1. The highest BCUT2D eigenvalue weighted by Crippen LogP contribution is 2.21. The van der Waals surface area contributed by atoms with Crippen molar-refractivity contribution in [2.45, 2.75) is 12.8 Å². The molecule has 3 rings (SSSR count). The van der Waals surface area contributed by atoms with Gasteiger partial charge in [0, 0.05) is 17.8 Å². The van der Waals surface area contributed by atoms with Crippen LogP contribution >= 0.6 is 0 Å². The number of nitriles is 1. The smallest absolute Gasteiger partial charge is 0.213 e. The van der Waals surface area contributed by atoms with Crippen molar-refractivity contribution in [3.8, 4) is 11.9 Å². The van der Waals surface area contributed by atoms with Crippen molar-refractivity contribution >= 4 is 16.8 Å². The first kappa shape index (κ1) is 14.7. The van der Waals surface area contributed by atoms with Crippen LogP contribution in [-0.4, -0.2) is 27.3 Å². The first-order valence-corrected chi connectivity index (χ1v) is 7.20. The summed E-state index contributed by atoms with van der Waals surface area (Å²) >= 11 is 0. The Kier molecular flexibility index (Phi) is 4.02. The van der Waals surface area contributed by atoms with Crippen LogP contribution in [0.1, 0.15) is 29.0 Å². The number of fused-ring (bicyclic) bond motifs is 1. The van der Waals surface area contributed by atoms with Crippen LogP contribution in [0.5, 0.6) is 5.88 Å². The highest BCUT2D eigenvalue weighted by Gasteiger charge is 2.25. The molecular weight excluding hydrogens is 292 g/mol. The number of nitrogens with zero attached hydrogens (tertiary/aromatic N) is 3. The van der Waals surface area contributed by atoms with E-state index >= 15 is 0 Å². The van der Waals surface area contributed by atoms with Gasteiger partial charge in [-0.15, -0.1) is 0 Å². The Morgan fingerprint density at radius 3 is 2.83 bits per heavy atom. The summed E-state index contributed by atoms with van der Waals surface area (Å²) in [6.45, 7) is 2.36. The van der Waals surface area contributed by atoms with Crippen molar-refractivity contribution in [2.24, 2.45) is 0 Å². The molecule has 0 bridgehead atoms. The SMILES string of the molecule is CCOc1ccc(C(=O)[C@H](C#N)c2nc3ccccc3[nH]2)cn1. The lowest BCUT2D eigenvalue weighted by atomic mass is 9.99. The minimum absolute atomic E-state index is 0.340. The van der Waals surface area contributed by atoms with Gasteiger partial charge in [0.15, 0.2) is 11.7 Å². The second-order valence-electron chi connectivity index (χ2n) is 4.88. The first-order chi connectivity index (χ1) is 11.2. The number of ether oxygens (including phenoxy) is 1. The standard InChI is InChI=1S/C17H14N4O2/c1-2-23-15-8-7-11(10-19-15)16(22)12(9-18)17-20-13-5-3-4-6-14(13)21-17/h3-8,10,12H,2H2,1H3,(H,20,21)/t12-/m0/s1. The molecule has 1 N–H and O–H groups in total. The van der Waals surface area contributed by atoms with Crippen LogP contribution in [0.3, 0.4) is 0 Å². The van der Waals surface area contributed by atoms with Crippen molar-refractivity contribution in [2.75, 3.05) is 6.61 Å². The summed E-state index contributed by atoms with van der Waals surface area (Å²) in [6.07, 6.45) is 1.42. The third-order valence-corrected chi connectivity index (χ3v) is 3.39. The number of pyridine rings is 1. The van der Waals surface area contributed by atoms with E-state index in [2.05, 4.69) is 15.0 Å². The number of rotatable bonds is 5. The molecule has 3 aromatic rings. The number of carbonyl (C=O) groups excluding carboxylic acids is 1. The number of carbonyl (C=O) groups is 1. The van der Waals surface area contributed by atoms with E-state index in [9.17, 15) is 10.1 Å². The van der Waals surface area contributed by atoms with Gasteiger partial charge in [-0.1, -0.05) is 12.1 Å². The van der Waals surface area contributed by atoms with E-state index < -0.39 is 5.92 Å². The number of H-pyrrole nitrogens is 1. The largest absolute Gasteiger partial charge is 0.478 e. The zero-order valence-electron chi connectivity index (χ0n) is 12.5. The van der Waals surface area contributed by atoms with E-state index in [-0.39, 0.29) is 5.78 Å². The normalized spacial score (nSPS) is 11.8.